The third kappa shape index (κ3) is 1.45. The van der Waals surface area contributed by atoms with Crippen LogP contribution >= 0.6 is 0 Å². The van der Waals surface area contributed by atoms with E-state index in [4.69, 9.17) is 10.9 Å². The summed E-state index contributed by atoms with van der Waals surface area (Å²) in [6.07, 6.45) is 1.11. The first-order valence-electron chi connectivity index (χ1n) is 6.85. The van der Waals surface area contributed by atoms with E-state index in [1.165, 1.54) is 11.3 Å². The number of anilines is 1. The van der Waals surface area contributed by atoms with Gasteiger partial charge >= 0.3 is 0 Å². The summed E-state index contributed by atoms with van der Waals surface area (Å²) >= 11 is 0. The normalized spacial score (nSPS) is 25.3. The van der Waals surface area contributed by atoms with Gasteiger partial charge in [-0.05, 0) is 18.1 Å². The number of amidine groups is 1. The minimum atomic E-state index is 0.161. The monoisotopic (exact) mass is 271 g/mol. The molecule has 4 rings (SSSR count). The van der Waals surface area contributed by atoms with Crippen LogP contribution in [0.3, 0.4) is 0 Å². The van der Waals surface area contributed by atoms with Crippen LogP contribution in [0.1, 0.15) is 12.0 Å². The van der Waals surface area contributed by atoms with Gasteiger partial charge in [0, 0.05) is 18.8 Å². The van der Waals surface area contributed by atoms with E-state index >= 15 is 0 Å². The Kier molecular flexibility index (Phi) is 2.40. The Morgan fingerprint density at radius 3 is 3.00 bits per heavy atom. The Morgan fingerprint density at radius 1 is 1.40 bits per heavy atom. The summed E-state index contributed by atoms with van der Waals surface area (Å²) in [5.41, 5.74) is 10.3. The molecule has 3 heterocycles. The summed E-state index contributed by atoms with van der Waals surface area (Å²) in [5.74, 6) is 0.161. The van der Waals surface area contributed by atoms with Crippen LogP contribution in [0.5, 0.6) is 0 Å². The van der Waals surface area contributed by atoms with E-state index in [0.717, 1.165) is 30.9 Å². The van der Waals surface area contributed by atoms with E-state index < -0.39 is 0 Å². The smallest absolute Gasteiger partial charge is 0.188 e. The van der Waals surface area contributed by atoms with E-state index in [2.05, 4.69) is 44.5 Å². The van der Waals surface area contributed by atoms with Crippen molar-refractivity contribution in [1.82, 2.24) is 10.2 Å². The molecule has 104 valence electrons. The summed E-state index contributed by atoms with van der Waals surface area (Å²) in [5, 5.41) is 15.4. The molecular weight excluding hydrogens is 254 g/mol. The lowest BCUT2D eigenvalue weighted by Crippen LogP contribution is -2.49. The molecule has 1 aromatic rings. The average Bonchev–Trinajstić information content (AvgIpc) is 2.84. The van der Waals surface area contributed by atoms with Crippen molar-refractivity contribution in [1.29, 1.82) is 0 Å². The number of nitrogens with two attached hydrogens (primary N) is 1. The largest absolute Gasteiger partial charge is 0.409 e. The zero-order chi connectivity index (χ0) is 13.7. The second kappa shape index (κ2) is 4.14. The third-order valence-corrected chi connectivity index (χ3v) is 4.43. The van der Waals surface area contributed by atoms with Crippen LogP contribution in [0, 0.1) is 0 Å². The van der Waals surface area contributed by atoms with Crippen LogP contribution in [0.2, 0.25) is 0 Å². The Bertz CT molecular complexity index is 624. The first kappa shape index (κ1) is 11.6. The molecule has 3 aliphatic heterocycles. The van der Waals surface area contributed by atoms with E-state index in [1.807, 2.05) is 0 Å². The molecule has 0 aromatic heterocycles. The first-order chi connectivity index (χ1) is 9.79. The van der Waals surface area contributed by atoms with Gasteiger partial charge in [-0.15, -0.1) is 0 Å². The van der Waals surface area contributed by atoms with Crippen molar-refractivity contribution in [3.05, 3.63) is 41.2 Å². The number of fused-ring (bicyclic) bond motifs is 5. The summed E-state index contributed by atoms with van der Waals surface area (Å²) in [4.78, 5) is 4.69. The molecule has 20 heavy (non-hydrogen) atoms. The van der Waals surface area contributed by atoms with Gasteiger partial charge in [-0.1, -0.05) is 23.4 Å². The number of nitrogens with one attached hydrogen (secondary N) is 1. The molecule has 3 aliphatic rings. The molecule has 0 aliphatic carbocycles. The third-order valence-electron chi connectivity index (χ3n) is 4.43. The van der Waals surface area contributed by atoms with Crippen molar-refractivity contribution < 1.29 is 5.21 Å². The molecule has 0 bridgehead atoms. The predicted molar refractivity (Wildman–Crippen MR) is 76.2 cm³/mol. The van der Waals surface area contributed by atoms with E-state index in [9.17, 15) is 0 Å². The van der Waals surface area contributed by atoms with Gasteiger partial charge in [0.05, 0.1) is 18.4 Å². The van der Waals surface area contributed by atoms with Gasteiger partial charge < -0.3 is 21.2 Å². The number of rotatable bonds is 1. The maximum absolute atomic E-state index is 8.98. The number of hydrogen-bond donors (Lipinski definition) is 3. The second-order valence-electron chi connectivity index (χ2n) is 5.41. The van der Waals surface area contributed by atoms with Crippen molar-refractivity contribution in [3.63, 3.8) is 0 Å². The highest BCUT2D eigenvalue weighted by molar-refractivity contribution is 5.98. The van der Waals surface area contributed by atoms with Crippen LogP contribution in [0.25, 0.3) is 0 Å². The highest BCUT2D eigenvalue weighted by Gasteiger charge is 2.42. The van der Waals surface area contributed by atoms with Gasteiger partial charge in [-0.2, -0.15) is 0 Å². The van der Waals surface area contributed by atoms with Crippen LogP contribution < -0.4 is 16.0 Å². The molecular formula is C14H17N5O. The lowest BCUT2D eigenvalue weighted by atomic mass is 9.98. The number of oxime groups is 1. The van der Waals surface area contributed by atoms with E-state index in [0.29, 0.717) is 12.7 Å². The number of hydrogen-bond acceptors (Lipinski definition) is 5. The van der Waals surface area contributed by atoms with Crippen LogP contribution in [-0.2, 0) is 6.54 Å². The molecule has 4 N–H and O–H groups in total. The maximum atomic E-state index is 8.98. The molecule has 0 amide bonds. The van der Waals surface area contributed by atoms with Crippen molar-refractivity contribution in [3.8, 4) is 0 Å². The van der Waals surface area contributed by atoms with Gasteiger partial charge in [0.1, 0.15) is 5.70 Å². The zero-order valence-electron chi connectivity index (χ0n) is 11.1. The molecule has 0 spiro atoms. The minimum absolute atomic E-state index is 0.161. The molecule has 0 radical (unpaired) electrons. The van der Waals surface area contributed by atoms with Crippen molar-refractivity contribution in [2.45, 2.75) is 19.0 Å². The highest BCUT2D eigenvalue weighted by Crippen LogP contribution is 2.40. The van der Waals surface area contributed by atoms with Crippen LogP contribution in [-0.4, -0.2) is 35.2 Å². The number of nitrogens with zero attached hydrogens (tertiary/aromatic N) is 3. The van der Waals surface area contributed by atoms with Crippen LogP contribution in [0.4, 0.5) is 5.69 Å². The first-order valence-corrected chi connectivity index (χ1v) is 6.85. The Balaban J connectivity index is 1.89. The molecule has 1 aromatic carbocycles. The van der Waals surface area contributed by atoms with Gasteiger partial charge in [0.2, 0.25) is 0 Å². The van der Waals surface area contributed by atoms with E-state index in [-0.39, 0.29) is 5.84 Å². The SMILES string of the molecule is NC(=NO)C1=C2C3CCN3Cc3ccccc3N2CN1. The zero-order valence-corrected chi connectivity index (χ0v) is 11.1. The molecule has 6 nitrogen and oxygen atoms in total. The summed E-state index contributed by atoms with van der Waals surface area (Å²) in [6, 6.07) is 8.80. The quantitative estimate of drug-likeness (QED) is 0.302. The molecule has 6 heteroatoms. The van der Waals surface area contributed by atoms with Crippen molar-refractivity contribution >= 4 is 11.5 Å². The predicted octanol–water partition coefficient (Wildman–Crippen LogP) is 0.600. The molecule has 1 atom stereocenters. The topological polar surface area (TPSA) is 77.1 Å². The molecule has 1 fully saturated rings. The Labute approximate surface area is 117 Å². The van der Waals surface area contributed by atoms with Crippen LogP contribution in [0.15, 0.2) is 40.8 Å². The van der Waals surface area contributed by atoms with Gasteiger partial charge in [-0.3, -0.25) is 4.90 Å². The van der Waals surface area contributed by atoms with E-state index in [1.54, 1.807) is 0 Å². The highest BCUT2D eigenvalue weighted by atomic mass is 16.4. The van der Waals surface area contributed by atoms with Crippen molar-refractivity contribution in [2.75, 3.05) is 18.1 Å². The Hall–Kier alpha value is -2.21. The Morgan fingerprint density at radius 2 is 2.25 bits per heavy atom. The lowest BCUT2D eigenvalue weighted by Gasteiger charge is -2.41. The maximum Gasteiger partial charge on any atom is 0.188 e. The molecule has 0 saturated carbocycles. The molecule has 1 unspecified atom stereocenters. The second-order valence-corrected chi connectivity index (χ2v) is 5.41. The number of para-hydroxylation sites is 1. The fourth-order valence-corrected chi connectivity index (χ4v) is 3.37. The standard InChI is InChI=1S/C14H17N5O/c15-14(17-20)12-13-11-5-6-18(11)7-9-3-1-2-4-10(9)19(13)8-16-12/h1-4,11,16,20H,5-8H2,(H2,15,17). The minimum Gasteiger partial charge on any atom is -0.409 e. The average molecular weight is 271 g/mol. The fourth-order valence-electron chi connectivity index (χ4n) is 3.37. The number of benzene rings is 1. The molecule has 1 saturated heterocycles. The van der Waals surface area contributed by atoms with Gasteiger partial charge in [-0.25, -0.2) is 0 Å². The van der Waals surface area contributed by atoms with Gasteiger partial charge in [0.25, 0.3) is 0 Å². The summed E-state index contributed by atoms with van der Waals surface area (Å²) in [7, 11) is 0. The van der Waals surface area contributed by atoms with Gasteiger partial charge in [0.15, 0.2) is 5.84 Å². The summed E-state index contributed by atoms with van der Waals surface area (Å²) < 4.78 is 0. The fraction of sp³-hybridized carbons (Fsp3) is 0.357. The summed E-state index contributed by atoms with van der Waals surface area (Å²) in [6.45, 7) is 2.73. The van der Waals surface area contributed by atoms with Crippen molar-refractivity contribution in [2.24, 2.45) is 10.9 Å². The lowest BCUT2D eigenvalue weighted by molar-refractivity contribution is 0.110.